The number of ether oxygens (including phenoxy) is 1. The molecule has 2 rings (SSSR count). The molecule has 1 aromatic carbocycles. The first-order chi connectivity index (χ1) is 8.15. The highest BCUT2D eigenvalue weighted by atomic mass is 19.1. The fourth-order valence-electron chi connectivity index (χ4n) is 1.87. The molecule has 0 N–H and O–H groups in total. The third-order valence-electron chi connectivity index (χ3n) is 2.70. The van der Waals surface area contributed by atoms with Crippen LogP contribution in [0.3, 0.4) is 0 Å². The lowest BCUT2D eigenvalue weighted by atomic mass is 10.1. The molecule has 17 heavy (non-hydrogen) atoms. The maximum Gasteiger partial charge on any atom is 0.165 e. The van der Waals surface area contributed by atoms with Crippen LogP contribution in [0.1, 0.15) is 12.6 Å². The normalized spacial score (nSPS) is 10.6. The second-order valence-corrected chi connectivity index (χ2v) is 3.87. The monoisotopic (exact) mass is 234 g/mol. The van der Waals surface area contributed by atoms with Crippen molar-refractivity contribution in [2.75, 3.05) is 7.11 Å². The molecule has 0 unspecified atom stereocenters. The van der Waals surface area contributed by atoms with E-state index < -0.39 is 0 Å². The van der Waals surface area contributed by atoms with Crippen LogP contribution in [0.25, 0.3) is 11.1 Å². The molecule has 0 atom stereocenters. The molecule has 0 aliphatic heterocycles. The Morgan fingerprint density at radius 1 is 1.41 bits per heavy atom. The molecule has 0 aliphatic carbocycles. The summed E-state index contributed by atoms with van der Waals surface area (Å²) in [5.74, 6) is -0.0911. The van der Waals surface area contributed by atoms with Gasteiger partial charge in [0.15, 0.2) is 11.6 Å². The van der Waals surface area contributed by atoms with Crippen molar-refractivity contribution in [2.24, 2.45) is 7.05 Å². The van der Waals surface area contributed by atoms with Gasteiger partial charge in [0, 0.05) is 18.8 Å². The van der Waals surface area contributed by atoms with E-state index in [0.29, 0.717) is 0 Å². The van der Waals surface area contributed by atoms with Crippen molar-refractivity contribution in [1.29, 1.82) is 0 Å². The van der Waals surface area contributed by atoms with E-state index in [2.05, 4.69) is 5.10 Å². The van der Waals surface area contributed by atoms with E-state index in [1.54, 1.807) is 10.7 Å². The largest absolute Gasteiger partial charge is 0.494 e. The standard InChI is InChI=1S/C13H15FN2O/c1-4-12-10(8-16(2)15-12)9-5-6-13(17-3)11(14)7-9/h5-8H,4H2,1-3H3. The minimum atomic E-state index is -0.351. The summed E-state index contributed by atoms with van der Waals surface area (Å²) in [5.41, 5.74) is 2.77. The highest BCUT2D eigenvalue weighted by Gasteiger charge is 2.11. The summed E-state index contributed by atoms with van der Waals surface area (Å²) in [5, 5.41) is 4.34. The van der Waals surface area contributed by atoms with Crippen molar-refractivity contribution in [1.82, 2.24) is 9.78 Å². The maximum absolute atomic E-state index is 13.6. The lowest BCUT2D eigenvalue weighted by molar-refractivity contribution is 0.386. The van der Waals surface area contributed by atoms with Gasteiger partial charge in [-0.3, -0.25) is 4.68 Å². The highest BCUT2D eigenvalue weighted by Crippen LogP contribution is 2.27. The molecule has 1 aromatic heterocycles. The molecule has 0 spiro atoms. The number of nitrogens with zero attached hydrogens (tertiary/aromatic N) is 2. The summed E-state index contributed by atoms with van der Waals surface area (Å²) in [6, 6.07) is 4.96. The van der Waals surface area contributed by atoms with Gasteiger partial charge in [-0.2, -0.15) is 5.10 Å². The molecule has 0 fully saturated rings. The molecule has 90 valence electrons. The molecule has 0 saturated carbocycles. The number of hydrogen-bond donors (Lipinski definition) is 0. The van der Waals surface area contributed by atoms with Gasteiger partial charge in [-0.1, -0.05) is 13.0 Å². The van der Waals surface area contributed by atoms with Gasteiger partial charge in [0.25, 0.3) is 0 Å². The van der Waals surface area contributed by atoms with E-state index in [4.69, 9.17) is 4.74 Å². The van der Waals surface area contributed by atoms with Gasteiger partial charge < -0.3 is 4.74 Å². The second-order valence-electron chi connectivity index (χ2n) is 3.87. The summed E-state index contributed by atoms with van der Waals surface area (Å²) in [6.45, 7) is 2.03. The summed E-state index contributed by atoms with van der Waals surface area (Å²) in [6.07, 6.45) is 2.73. The molecule has 3 nitrogen and oxygen atoms in total. The van der Waals surface area contributed by atoms with E-state index >= 15 is 0 Å². The SMILES string of the molecule is CCc1nn(C)cc1-c1ccc(OC)c(F)c1. The van der Waals surface area contributed by atoms with E-state index in [9.17, 15) is 4.39 Å². The van der Waals surface area contributed by atoms with Gasteiger partial charge in [0.2, 0.25) is 0 Å². The predicted octanol–water partition coefficient (Wildman–Crippen LogP) is 2.80. The lowest BCUT2D eigenvalue weighted by Gasteiger charge is -2.04. The highest BCUT2D eigenvalue weighted by molar-refractivity contribution is 5.66. The Labute approximate surface area is 99.8 Å². The first kappa shape index (κ1) is 11.6. The molecule has 4 heteroatoms. The number of halogens is 1. The number of rotatable bonds is 3. The van der Waals surface area contributed by atoms with Gasteiger partial charge >= 0.3 is 0 Å². The van der Waals surface area contributed by atoms with Crippen LogP contribution in [0.15, 0.2) is 24.4 Å². The first-order valence-electron chi connectivity index (χ1n) is 5.52. The molecule has 0 bridgehead atoms. The third-order valence-corrected chi connectivity index (χ3v) is 2.70. The number of hydrogen-bond acceptors (Lipinski definition) is 2. The zero-order chi connectivity index (χ0) is 12.4. The molecular formula is C13H15FN2O. The fraction of sp³-hybridized carbons (Fsp3) is 0.308. The fourth-order valence-corrected chi connectivity index (χ4v) is 1.87. The molecular weight excluding hydrogens is 219 g/mol. The number of aryl methyl sites for hydroxylation is 2. The van der Waals surface area contributed by atoms with Crippen LogP contribution in [0, 0.1) is 5.82 Å². The Morgan fingerprint density at radius 2 is 2.18 bits per heavy atom. The van der Waals surface area contributed by atoms with Crippen LogP contribution in [-0.4, -0.2) is 16.9 Å². The topological polar surface area (TPSA) is 27.1 Å². The Bertz CT molecular complexity index is 534. The average Bonchev–Trinajstić information content (AvgIpc) is 2.70. The minimum absolute atomic E-state index is 0.260. The zero-order valence-corrected chi connectivity index (χ0v) is 10.2. The van der Waals surface area contributed by atoms with Crippen LogP contribution >= 0.6 is 0 Å². The summed E-state index contributed by atoms with van der Waals surface area (Å²) in [4.78, 5) is 0. The number of benzene rings is 1. The van der Waals surface area contributed by atoms with E-state index in [1.165, 1.54) is 13.2 Å². The molecule has 0 radical (unpaired) electrons. The lowest BCUT2D eigenvalue weighted by Crippen LogP contribution is -1.90. The molecule has 0 saturated heterocycles. The minimum Gasteiger partial charge on any atom is -0.494 e. The second kappa shape index (κ2) is 4.57. The van der Waals surface area contributed by atoms with Crippen LogP contribution in [0.4, 0.5) is 4.39 Å². The number of methoxy groups -OCH3 is 1. The van der Waals surface area contributed by atoms with Crippen LogP contribution in [0.5, 0.6) is 5.75 Å². The molecule has 1 heterocycles. The molecule has 0 amide bonds. The Kier molecular flexibility index (Phi) is 3.13. The zero-order valence-electron chi connectivity index (χ0n) is 10.2. The quantitative estimate of drug-likeness (QED) is 0.816. The van der Waals surface area contributed by atoms with Gasteiger partial charge in [0.05, 0.1) is 12.8 Å². The third kappa shape index (κ3) is 2.16. The van der Waals surface area contributed by atoms with Crippen molar-refractivity contribution < 1.29 is 9.13 Å². The molecule has 2 aromatic rings. The van der Waals surface area contributed by atoms with Crippen molar-refractivity contribution >= 4 is 0 Å². The first-order valence-corrected chi connectivity index (χ1v) is 5.52. The van der Waals surface area contributed by atoms with E-state index in [1.807, 2.05) is 26.2 Å². The Morgan fingerprint density at radius 3 is 2.76 bits per heavy atom. The van der Waals surface area contributed by atoms with Gasteiger partial charge in [0.1, 0.15) is 0 Å². The van der Waals surface area contributed by atoms with Gasteiger partial charge in [-0.25, -0.2) is 4.39 Å². The summed E-state index contributed by atoms with van der Waals surface area (Å²) < 4.78 is 20.3. The Hall–Kier alpha value is -1.84. The van der Waals surface area contributed by atoms with Crippen molar-refractivity contribution in [3.8, 4) is 16.9 Å². The van der Waals surface area contributed by atoms with Gasteiger partial charge in [-0.15, -0.1) is 0 Å². The van der Waals surface area contributed by atoms with Crippen LogP contribution < -0.4 is 4.74 Å². The van der Waals surface area contributed by atoms with Gasteiger partial charge in [-0.05, 0) is 24.1 Å². The van der Waals surface area contributed by atoms with E-state index in [-0.39, 0.29) is 11.6 Å². The van der Waals surface area contributed by atoms with E-state index in [0.717, 1.165) is 23.2 Å². The van der Waals surface area contributed by atoms with Crippen LogP contribution in [-0.2, 0) is 13.5 Å². The Balaban J connectivity index is 2.49. The van der Waals surface area contributed by atoms with Crippen molar-refractivity contribution in [3.63, 3.8) is 0 Å². The molecule has 0 aliphatic rings. The summed E-state index contributed by atoms with van der Waals surface area (Å²) >= 11 is 0. The number of aromatic nitrogens is 2. The van der Waals surface area contributed by atoms with Crippen molar-refractivity contribution in [3.05, 3.63) is 35.9 Å². The van der Waals surface area contributed by atoms with Crippen LogP contribution in [0.2, 0.25) is 0 Å². The smallest absolute Gasteiger partial charge is 0.165 e. The predicted molar refractivity (Wildman–Crippen MR) is 64.5 cm³/mol. The summed E-state index contributed by atoms with van der Waals surface area (Å²) in [7, 11) is 3.32. The average molecular weight is 234 g/mol. The van der Waals surface area contributed by atoms with Crippen molar-refractivity contribution in [2.45, 2.75) is 13.3 Å². The maximum atomic E-state index is 13.6.